The van der Waals surface area contributed by atoms with Crippen LogP contribution < -0.4 is 0 Å². The van der Waals surface area contributed by atoms with E-state index >= 15 is 0 Å². The van der Waals surface area contributed by atoms with Gasteiger partial charge >= 0.3 is 0 Å². The van der Waals surface area contributed by atoms with Crippen molar-refractivity contribution in [3.05, 3.63) is 89.6 Å². The lowest BCUT2D eigenvalue weighted by molar-refractivity contribution is 1.28. The summed E-state index contributed by atoms with van der Waals surface area (Å²) in [5.41, 5.74) is 5.78. The predicted octanol–water partition coefficient (Wildman–Crippen LogP) is 5.23. The number of rotatable bonds is 3. The molecule has 1 aromatic heterocycles. The molecule has 0 aliphatic heterocycles. The Bertz CT molecular complexity index is 758. The summed E-state index contributed by atoms with van der Waals surface area (Å²) in [6.45, 7) is 2.09. The Labute approximate surface area is 125 Å². The first-order valence-electron chi connectivity index (χ1n) is 7.08. The van der Waals surface area contributed by atoms with Crippen molar-refractivity contribution in [1.82, 2.24) is 4.98 Å². The van der Waals surface area contributed by atoms with Gasteiger partial charge in [-0.15, -0.1) is 0 Å². The van der Waals surface area contributed by atoms with Crippen LogP contribution in [0, 0.1) is 6.92 Å². The zero-order valence-electron chi connectivity index (χ0n) is 12.0. The summed E-state index contributed by atoms with van der Waals surface area (Å²) in [5.74, 6) is 0. The van der Waals surface area contributed by atoms with Crippen molar-refractivity contribution in [3.8, 4) is 11.3 Å². The summed E-state index contributed by atoms with van der Waals surface area (Å²) < 4.78 is 0. The second kappa shape index (κ2) is 6.19. The van der Waals surface area contributed by atoms with Crippen molar-refractivity contribution < 1.29 is 0 Å². The summed E-state index contributed by atoms with van der Waals surface area (Å²) >= 11 is 0. The molecule has 0 amide bonds. The summed E-state index contributed by atoms with van der Waals surface area (Å²) in [7, 11) is 0. The molecule has 0 N–H and O–H groups in total. The first-order valence-corrected chi connectivity index (χ1v) is 7.08. The molecule has 0 saturated carbocycles. The number of benzene rings is 2. The zero-order valence-corrected chi connectivity index (χ0v) is 12.0. The second-order valence-corrected chi connectivity index (χ2v) is 5.05. The number of nitrogens with zero attached hydrogens (tertiary/aromatic N) is 1. The molecule has 2 aromatic carbocycles. The maximum atomic E-state index is 4.49. The van der Waals surface area contributed by atoms with Crippen molar-refractivity contribution in [2.45, 2.75) is 6.92 Å². The number of aryl methyl sites for hydroxylation is 1. The molecule has 0 fully saturated rings. The lowest BCUT2D eigenvalue weighted by Crippen LogP contribution is -1.87. The van der Waals surface area contributed by atoms with Crippen LogP contribution in [0.2, 0.25) is 0 Å². The Balaban J connectivity index is 1.99. The molecule has 102 valence electrons. The fourth-order valence-corrected chi connectivity index (χ4v) is 2.31. The van der Waals surface area contributed by atoms with Crippen LogP contribution in [0.3, 0.4) is 0 Å². The molecule has 0 bridgehead atoms. The molecule has 21 heavy (non-hydrogen) atoms. The Kier molecular flexibility index (Phi) is 3.92. The average Bonchev–Trinajstić information content (AvgIpc) is 2.54. The predicted molar refractivity (Wildman–Crippen MR) is 89.8 cm³/mol. The van der Waals surface area contributed by atoms with Crippen LogP contribution in [-0.4, -0.2) is 4.98 Å². The van der Waals surface area contributed by atoms with E-state index in [1.165, 1.54) is 16.7 Å². The molecule has 0 aliphatic rings. The van der Waals surface area contributed by atoms with Gasteiger partial charge in [-0.1, -0.05) is 66.7 Å². The summed E-state index contributed by atoms with van der Waals surface area (Å²) in [6, 6.07) is 22.8. The minimum absolute atomic E-state index is 1.02. The number of hydrogen-bond donors (Lipinski definition) is 0. The highest BCUT2D eigenvalue weighted by molar-refractivity contribution is 5.79. The molecule has 3 rings (SSSR count). The first kappa shape index (κ1) is 13.3. The molecule has 0 unspecified atom stereocenters. The standard InChI is InChI=1S/C20H17N/c1-16-13-14-21-20(15-16)19-10-6-5-9-18(19)12-11-17-7-3-2-4-8-17/h2-15H,1H3/b12-11+. The van der Waals surface area contributed by atoms with E-state index in [9.17, 15) is 0 Å². The van der Waals surface area contributed by atoms with Crippen LogP contribution in [-0.2, 0) is 0 Å². The topological polar surface area (TPSA) is 12.9 Å². The van der Waals surface area contributed by atoms with Crippen LogP contribution in [0.4, 0.5) is 0 Å². The van der Waals surface area contributed by atoms with Crippen LogP contribution in [0.25, 0.3) is 23.4 Å². The maximum Gasteiger partial charge on any atom is 0.0710 e. The average molecular weight is 271 g/mol. The van der Waals surface area contributed by atoms with E-state index in [2.05, 4.69) is 66.5 Å². The van der Waals surface area contributed by atoms with Crippen LogP contribution in [0.1, 0.15) is 16.7 Å². The normalized spacial score (nSPS) is 10.9. The van der Waals surface area contributed by atoms with Gasteiger partial charge in [0, 0.05) is 11.8 Å². The van der Waals surface area contributed by atoms with Gasteiger partial charge in [0.25, 0.3) is 0 Å². The van der Waals surface area contributed by atoms with Crippen molar-refractivity contribution in [3.63, 3.8) is 0 Å². The Morgan fingerprint density at radius 1 is 0.810 bits per heavy atom. The number of hydrogen-bond acceptors (Lipinski definition) is 1. The fourth-order valence-electron chi connectivity index (χ4n) is 2.31. The quantitative estimate of drug-likeness (QED) is 0.594. The molecule has 3 aromatic rings. The van der Waals surface area contributed by atoms with Crippen molar-refractivity contribution in [2.24, 2.45) is 0 Å². The molecule has 1 nitrogen and oxygen atoms in total. The largest absolute Gasteiger partial charge is 0.256 e. The van der Waals surface area contributed by atoms with Gasteiger partial charge < -0.3 is 0 Å². The second-order valence-electron chi connectivity index (χ2n) is 5.05. The van der Waals surface area contributed by atoms with Gasteiger partial charge in [-0.2, -0.15) is 0 Å². The Hall–Kier alpha value is -2.67. The van der Waals surface area contributed by atoms with Gasteiger partial charge in [0.2, 0.25) is 0 Å². The van der Waals surface area contributed by atoms with E-state index < -0.39 is 0 Å². The highest BCUT2D eigenvalue weighted by Crippen LogP contribution is 2.24. The third-order valence-electron chi connectivity index (χ3n) is 3.41. The zero-order chi connectivity index (χ0) is 14.5. The number of pyridine rings is 1. The van der Waals surface area contributed by atoms with E-state index in [1.807, 2.05) is 30.5 Å². The Morgan fingerprint density at radius 2 is 1.57 bits per heavy atom. The molecule has 0 aliphatic carbocycles. The molecule has 0 atom stereocenters. The summed E-state index contributed by atoms with van der Waals surface area (Å²) in [5, 5.41) is 0. The van der Waals surface area contributed by atoms with E-state index in [0.29, 0.717) is 0 Å². The Morgan fingerprint density at radius 3 is 2.38 bits per heavy atom. The molecule has 1 heterocycles. The SMILES string of the molecule is Cc1ccnc(-c2ccccc2/C=C/c2ccccc2)c1. The third kappa shape index (κ3) is 3.26. The van der Waals surface area contributed by atoms with Gasteiger partial charge in [0.05, 0.1) is 5.69 Å². The molecular weight excluding hydrogens is 254 g/mol. The van der Waals surface area contributed by atoms with Crippen molar-refractivity contribution in [2.75, 3.05) is 0 Å². The van der Waals surface area contributed by atoms with Gasteiger partial charge in [-0.05, 0) is 35.7 Å². The van der Waals surface area contributed by atoms with Crippen molar-refractivity contribution in [1.29, 1.82) is 0 Å². The third-order valence-corrected chi connectivity index (χ3v) is 3.41. The monoisotopic (exact) mass is 271 g/mol. The molecule has 1 heteroatoms. The van der Waals surface area contributed by atoms with E-state index in [4.69, 9.17) is 0 Å². The summed E-state index contributed by atoms with van der Waals surface area (Å²) in [6.07, 6.45) is 6.14. The van der Waals surface area contributed by atoms with E-state index in [-0.39, 0.29) is 0 Å². The molecule has 0 spiro atoms. The lowest BCUT2D eigenvalue weighted by atomic mass is 10.0. The van der Waals surface area contributed by atoms with Crippen LogP contribution in [0.15, 0.2) is 72.9 Å². The van der Waals surface area contributed by atoms with E-state index in [1.54, 1.807) is 0 Å². The maximum absolute atomic E-state index is 4.49. The number of aromatic nitrogens is 1. The van der Waals surface area contributed by atoms with Crippen LogP contribution >= 0.6 is 0 Å². The fraction of sp³-hybridized carbons (Fsp3) is 0.0500. The van der Waals surface area contributed by atoms with Crippen molar-refractivity contribution >= 4 is 12.2 Å². The smallest absolute Gasteiger partial charge is 0.0710 e. The molecule has 0 saturated heterocycles. The minimum Gasteiger partial charge on any atom is -0.256 e. The van der Waals surface area contributed by atoms with Gasteiger partial charge in [0.15, 0.2) is 0 Å². The van der Waals surface area contributed by atoms with Gasteiger partial charge in [-0.3, -0.25) is 4.98 Å². The van der Waals surface area contributed by atoms with Gasteiger partial charge in [-0.25, -0.2) is 0 Å². The molecular formula is C20H17N. The highest BCUT2D eigenvalue weighted by atomic mass is 14.7. The lowest BCUT2D eigenvalue weighted by Gasteiger charge is -2.06. The minimum atomic E-state index is 1.02. The highest BCUT2D eigenvalue weighted by Gasteiger charge is 2.03. The molecule has 0 radical (unpaired) electrons. The van der Waals surface area contributed by atoms with E-state index in [0.717, 1.165) is 11.3 Å². The summed E-state index contributed by atoms with van der Waals surface area (Å²) in [4.78, 5) is 4.49. The van der Waals surface area contributed by atoms with Crippen LogP contribution in [0.5, 0.6) is 0 Å². The first-order chi connectivity index (χ1) is 10.3. The van der Waals surface area contributed by atoms with Gasteiger partial charge in [0.1, 0.15) is 0 Å².